The van der Waals surface area contributed by atoms with Crippen molar-refractivity contribution < 1.29 is 0 Å². The monoisotopic (exact) mass is 233 g/mol. The van der Waals surface area contributed by atoms with Crippen molar-refractivity contribution in [2.24, 2.45) is 0 Å². The molecule has 1 aliphatic rings. The third-order valence-electron chi connectivity index (χ3n) is 3.59. The van der Waals surface area contributed by atoms with E-state index in [0.29, 0.717) is 6.04 Å². The van der Waals surface area contributed by atoms with E-state index in [9.17, 15) is 0 Å². The van der Waals surface area contributed by atoms with Crippen LogP contribution in [0.5, 0.6) is 0 Å². The Morgan fingerprint density at radius 3 is 3.12 bits per heavy atom. The van der Waals surface area contributed by atoms with Crippen LogP contribution in [-0.4, -0.2) is 35.6 Å². The topological polar surface area (TPSA) is 28.2 Å². The molecule has 1 fully saturated rings. The molecule has 1 saturated heterocycles. The average Bonchev–Trinajstić information content (AvgIpc) is 2.62. The van der Waals surface area contributed by atoms with Gasteiger partial charge in [0.2, 0.25) is 0 Å². The molecule has 2 heterocycles. The van der Waals surface area contributed by atoms with Crippen LogP contribution in [0.1, 0.15) is 31.7 Å². The standard InChI is InChI=1S/C14H23N3/c1-2-17-9-4-6-14(7-10-17)16-12-13-5-3-8-15-11-13/h3,5,8,11,14,16H,2,4,6-7,9-10,12H2,1H3. The van der Waals surface area contributed by atoms with Gasteiger partial charge in [-0.3, -0.25) is 4.98 Å². The van der Waals surface area contributed by atoms with Gasteiger partial charge in [0.25, 0.3) is 0 Å². The minimum absolute atomic E-state index is 0.673. The summed E-state index contributed by atoms with van der Waals surface area (Å²) in [5.41, 5.74) is 1.28. The van der Waals surface area contributed by atoms with Crippen molar-refractivity contribution in [1.29, 1.82) is 0 Å². The van der Waals surface area contributed by atoms with Gasteiger partial charge in [-0.15, -0.1) is 0 Å². The highest BCUT2D eigenvalue weighted by Gasteiger charge is 2.15. The Hall–Kier alpha value is -0.930. The first kappa shape index (κ1) is 12.5. The van der Waals surface area contributed by atoms with Crippen molar-refractivity contribution >= 4 is 0 Å². The normalized spacial score (nSPS) is 22.3. The van der Waals surface area contributed by atoms with Gasteiger partial charge < -0.3 is 10.2 Å². The zero-order valence-corrected chi connectivity index (χ0v) is 10.7. The van der Waals surface area contributed by atoms with Crippen molar-refractivity contribution in [2.75, 3.05) is 19.6 Å². The Kier molecular flexibility index (Phi) is 4.95. The molecule has 0 bridgehead atoms. The quantitative estimate of drug-likeness (QED) is 0.862. The molecule has 17 heavy (non-hydrogen) atoms. The van der Waals surface area contributed by atoms with Crippen LogP contribution in [0.2, 0.25) is 0 Å². The fourth-order valence-electron chi connectivity index (χ4n) is 2.44. The summed E-state index contributed by atoms with van der Waals surface area (Å²) in [6, 6.07) is 4.81. The number of pyridine rings is 1. The molecule has 0 spiro atoms. The van der Waals surface area contributed by atoms with Crippen LogP contribution in [0, 0.1) is 0 Å². The maximum Gasteiger partial charge on any atom is 0.0312 e. The van der Waals surface area contributed by atoms with E-state index in [1.165, 1.54) is 44.5 Å². The van der Waals surface area contributed by atoms with Gasteiger partial charge in [-0.2, -0.15) is 0 Å². The molecule has 0 amide bonds. The molecule has 1 aliphatic heterocycles. The molecule has 1 atom stereocenters. The lowest BCUT2D eigenvalue weighted by atomic mass is 10.1. The third-order valence-corrected chi connectivity index (χ3v) is 3.59. The second-order valence-corrected chi connectivity index (χ2v) is 4.80. The Labute approximate surface area is 104 Å². The Morgan fingerprint density at radius 1 is 1.41 bits per heavy atom. The van der Waals surface area contributed by atoms with Crippen molar-refractivity contribution in [3.8, 4) is 0 Å². The van der Waals surface area contributed by atoms with Crippen LogP contribution in [0.4, 0.5) is 0 Å². The van der Waals surface area contributed by atoms with Crippen molar-refractivity contribution in [1.82, 2.24) is 15.2 Å². The molecule has 1 aromatic heterocycles. The third kappa shape index (κ3) is 4.10. The number of nitrogens with zero attached hydrogens (tertiary/aromatic N) is 2. The zero-order valence-electron chi connectivity index (χ0n) is 10.7. The van der Waals surface area contributed by atoms with Crippen molar-refractivity contribution in [3.63, 3.8) is 0 Å². The minimum Gasteiger partial charge on any atom is -0.310 e. The van der Waals surface area contributed by atoms with E-state index in [2.05, 4.69) is 28.2 Å². The minimum atomic E-state index is 0.673. The molecule has 1 N–H and O–H groups in total. The summed E-state index contributed by atoms with van der Waals surface area (Å²) in [5, 5.41) is 3.66. The average molecular weight is 233 g/mol. The number of rotatable bonds is 4. The summed E-state index contributed by atoms with van der Waals surface area (Å²) in [6.07, 6.45) is 7.67. The van der Waals surface area contributed by atoms with Crippen molar-refractivity contribution in [3.05, 3.63) is 30.1 Å². The summed E-state index contributed by atoms with van der Waals surface area (Å²) >= 11 is 0. The molecular formula is C14H23N3. The van der Waals surface area contributed by atoms with E-state index >= 15 is 0 Å². The SMILES string of the molecule is CCN1CCCC(NCc2cccnc2)CC1. The predicted molar refractivity (Wildman–Crippen MR) is 70.8 cm³/mol. The van der Waals surface area contributed by atoms with Crippen LogP contribution >= 0.6 is 0 Å². The predicted octanol–water partition coefficient (Wildman–Crippen LogP) is 2.05. The van der Waals surface area contributed by atoms with E-state index in [-0.39, 0.29) is 0 Å². The van der Waals surface area contributed by atoms with E-state index < -0.39 is 0 Å². The fourth-order valence-corrected chi connectivity index (χ4v) is 2.44. The maximum atomic E-state index is 4.14. The van der Waals surface area contributed by atoms with Crippen LogP contribution < -0.4 is 5.32 Å². The molecule has 3 heteroatoms. The summed E-state index contributed by atoms with van der Waals surface area (Å²) < 4.78 is 0. The molecular weight excluding hydrogens is 210 g/mol. The summed E-state index contributed by atoms with van der Waals surface area (Å²) in [6.45, 7) is 6.89. The maximum absolute atomic E-state index is 4.14. The number of aromatic nitrogens is 1. The first-order valence-electron chi connectivity index (χ1n) is 6.73. The molecule has 0 aromatic carbocycles. The Bertz CT molecular complexity index is 313. The van der Waals surface area contributed by atoms with Gasteiger partial charge in [-0.1, -0.05) is 13.0 Å². The number of hydrogen-bond acceptors (Lipinski definition) is 3. The highest BCUT2D eigenvalue weighted by atomic mass is 15.1. The first-order chi connectivity index (χ1) is 8.38. The van der Waals surface area contributed by atoms with E-state index in [1.54, 1.807) is 0 Å². The Balaban J connectivity index is 1.76. The lowest BCUT2D eigenvalue weighted by molar-refractivity contribution is 0.297. The lowest BCUT2D eigenvalue weighted by Gasteiger charge is -2.18. The summed E-state index contributed by atoms with van der Waals surface area (Å²) in [5.74, 6) is 0. The largest absolute Gasteiger partial charge is 0.310 e. The van der Waals surface area contributed by atoms with Gasteiger partial charge in [0, 0.05) is 25.0 Å². The fraction of sp³-hybridized carbons (Fsp3) is 0.643. The highest BCUT2D eigenvalue weighted by Crippen LogP contribution is 2.11. The zero-order chi connectivity index (χ0) is 11.9. The van der Waals surface area contributed by atoms with Gasteiger partial charge in [0.1, 0.15) is 0 Å². The van der Waals surface area contributed by atoms with Gasteiger partial charge in [0.05, 0.1) is 0 Å². The smallest absolute Gasteiger partial charge is 0.0312 e. The molecule has 3 nitrogen and oxygen atoms in total. The molecule has 94 valence electrons. The molecule has 0 aliphatic carbocycles. The van der Waals surface area contributed by atoms with Gasteiger partial charge in [-0.25, -0.2) is 0 Å². The molecule has 1 unspecified atom stereocenters. The summed E-state index contributed by atoms with van der Waals surface area (Å²) in [4.78, 5) is 6.69. The molecule has 0 radical (unpaired) electrons. The van der Waals surface area contributed by atoms with Crippen molar-refractivity contribution in [2.45, 2.75) is 38.8 Å². The number of likely N-dealkylation sites (tertiary alicyclic amines) is 1. The van der Waals surface area contributed by atoms with E-state index in [0.717, 1.165) is 6.54 Å². The molecule has 2 rings (SSSR count). The second-order valence-electron chi connectivity index (χ2n) is 4.80. The first-order valence-corrected chi connectivity index (χ1v) is 6.73. The lowest BCUT2D eigenvalue weighted by Crippen LogP contribution is -2.30. The highest BCUT2D eigenvalue weighted by molar-refractivity contribution is 5.08. The molecule has 0 saturated carbocycles. The van der Waals surface area contributed by atoms with Crippen LogP contribution in [0.3, 0.4) is 0 Å². The van der Waals surface area contributed by atoms with E-state index in [1.807, 2.05) is 18.5 Å². The number of hydrogen-bond donors (Lipinski definition) is 1. The van der Waals surface area contributed by atoms with Crippen LogP contribution in [-0.2, 0) is 6.54 Å². The molecule has 1 aromatic rings. The second kappa shape index (κ2) is 6.72. The Morgan fingerprint density at radius 2 is 2.35 bits per heavy atom. The van der Waals surface area contributed by atoms with Crippen LogP contribution in [0.15, 0.2) is 24.5 Å². The van der Waals surface area contributed by atoms with E-state index in [4.69, 9.17) is 0 Å². The van der Waals surface area contributed by atoms with Gasteiger partial charge in [-0.05, 0) is 50.5 Å². The van der Waals surface area contributed by atoms with Crippen LogP contribution in [0.25, 0.3) is 0 Å². The summed E-state index contributed by atoms with van der Waals surface area (Å²) in [7, 11) is 0. The van der Waals surface area contributed by atoms with Gasteiger partial charge >= 0.3 is 0 Å². The number of nitrogens with one attached hydrogen (secondary N) is 1. The van der Waals surface area contributed by atoms with Gasteiger partial charge in [0.15, 0.2) is 0 Å².